The van der Waals surface area contributed by atoms with Crippen LogP contribution in [-0.2, 0) is 16.0 Å². The number of esters is 1. The molecule has 124 valence electrons. The van der Waals surface area contributed by atoms with Gasteiger partial charge >= 0.3 is 5.97 Å². The number of aromatic amines is 1. The topological polar surface area (TPSA) is 85.2 Å². The Morgan fingerprint density at radius 1 is 1.29 bits per heavy atom. The number of ether oxygens (including phenoxy) is 1. The predicted octanol–water partition coefficient (Wildman–Crippen LogP) is 3.13. The van der Waals surface area contributed by atoms with Crippen LogP contribution >= 0.6 is 0 Å². The lowest BCUT2D eigenvalue weighted by Crippen LogP contribution is -2.25. The van der Waals surface area contributed by atoms with Crippen LogP contribution in [-0.4, -0.2) is 28.0 Å². The number of carbonyl (C=O) groups is 2. The van der Waals surface area contributed by atoms with Crippen LogP contribution in [0.2, 0.25) is 0 Å². The van der Waals surface area contributed by atoms with Gasteiger partial charge in [0.25, 0.3) is 0 Å². The number of nitrogens with zero attached hydrogens (tertiary/aromatic N) is 1. The van der Waals surface area contributed by atoms with Gasteiger partial charge < -0.3 is 14.2 Å². The molecule has 1 N–H and O–H groups in total. The minimum Gasteiger partial charge on any atom is -0.454 e. The SMILES string of the molecule is Cc1noc(C)c1CC(=O)O[C@@H](C)C(=O)c1c[nH]c2ccccc12. The number of aromatic nitrogens is 2. The number of benzene rings is 1. The first-order valence-corrected chi connectivity index (χ1v) is 7.69. The molecular formula is C18H18N2O4. The average Bonchev–Trinajstić information content (AvgIpc) is 3.12. The summed E-state index contributed by atoms with van der Waals surface area (Å²) in [5.41, 5.74) is 2.74. The smallest absolute Gasteiger partial charge is 0.311 e. The van der Waals surface area contributed by atoms with E-state index in [4.69, 9.17) is 9.26 Å². The average molecular weight is 326 g/mol. The number of nitrogens with one attached hydrogen (secondary N) is 1. The van der Waals surface area contributed by atoms with E-state index in [0.717, 1.165) is 10.9 Å². The molecule has 0 aliphatic rings. The van der Waals surface area contributed by atoms with Gasteiger partial charge in [-0.25, -0.2) is 0 Å². The molecule has 3 aromatic rings. The summed E-state index contributed by atoms with van der Waals surface area (Å²) in [6.07, 6.45) is 0.815. The first kappa shape index (κ1) is 16.0. The summed E-state index contributed by atoms with van der Waals surface area (Å²) in [5, 5.41) is 4.62. The highest BCUT2D eigenvalue weighted by atomic mass is 16.5. The van der Waals surface area contributed by atoms with Gasteiger partial charge in [0.2, 0.25) is 5.78 Å². The number of hydrogen-bond donors (Lipinski definition) is 1. The fourth-order valence-corrected chi connectivity index (χ4v) is 2.69. The van der Waals surface area contributed by atoms with Gasteiger partial charge in [-0.1, -0.05) is 23.4 Å². The van der Waals surface area contributed by atoms with Crippen molar-refractivity contribution >= 4 is 22.7 Å². The maximum Gasteiger partial charge on any atom is 0.311 e. The van der Waals surface area contributed by atoms with Crippen LogP contribution in [0.3, 0.4) is 0 Å². The lowest BCUT2D eigenvalue weighted by molar-refractivity contribution is -0.145. The molecule has 0 saturated heterocycles. The zero-order chi connectivity index (χ0) is 17.3. The van der Waals surface area contributed by atoms with Crippen LogP contribution in [0.25, 0.3) is 10.9 Å². The zero-order valence-electron chi connectivity index (χ0n) is 13.8. The van der Waals surface area contributed by atoms with Gasteiger partial charge in [-0.05, 0) is 26.8 Å². The second kappa shape index (κ2) is 6.31. The van der Waals surface area contributed by atoms with Gasteiger partial charge in [0, 0.05) is 28.2 Å². The van der Waals surface area contributed by atoms with Crippen molar-refractivity contribution in [2.24, 2.45) is 0 Å². The maximum atomic E-state index is 12.6. The van der Waals surface area contributed by atoms with Gasteiger partial charge in [-0.3, -0.25) is 9.59 Å². The van der Waals surface area contributed by atoms with E-state index in [0.29, 0.717) is 22.6 Å². The minimum atomic E-state index is -0.864. The number of aryl methyl sites for hydroxylation is 2. The van der Waals surface area contributed by atoms with E-state index >= 15 is 0 Å². The number of para-hydroxylation sites is 1. The molecule has 0 fully saturated rings. The molecule has 0 saturated carbocycles. The third-order valence-corrected chi connectivity index (χ3v) is 4.03. The molecule has 24 heavy (non-hydrogen) atoms. The van der Waals surface area contributed by atoms with Crippen LogP contribution in [0.15, 0.2) is 35.0 Å². The van der Waals surface area contributed by atoms with Gasteiger partial charge in [0.05, 0.1) is 12.1 Å². The number of Topliss-reactive ketones (excluding diaryl/α,β-unsaturated/α-hetero) is 1. The van der Waals surface area contributed by atoms with Gasteiger partial charge in [0.15, 0.2) is 6.10 Å². The summed E-state index contributed by atoms with van der Waals surface area (Å²) >= 11 is 0. The summed E-state index contributed by atoms with van der Waals surface area (Å²) in [5.74, 6) is -0.135. The largest absolute Gasteiger partial charge is 0.454 e. The van der Waals surface area contributed by atoms with E-state index < -0.39 is 12.1 Å². The summed E-state index contributed by atoms with van der Waals surface area (Å²) < 4.78 is 10.3. The Kier molecular flexibility index (Phi) is 4.20. The lowest BCUT2D eigenvalue weighted by Gasteiger charge is -2.12. The molecule has 0 aliphatic carbocycles. The number of rotatable bonds is 5. The zero-order valence-corrected chi connectivity index (χ0v) is 13.8. The standard InChI is InChI=1S/C18H18N2O4/c1-10-14(11(2)24-20-10)8-17(21)23-12(3)18(22)15-9-19-16-7-5-4-6-13(15)16/h4-7,9,12,19H,8H2,1-3H3/t12-/m0/s1. The fraction of sp³-hybridized carbons (Fsp3) is 0.278. The molecule has 6 heteroatoms. The highest BCUT2D eigenvalue weighted by Crippen LogP contribution is 2.20. The van der Waals surface area contributed by atoms with Gasteiger partial charge in [-0.15, -0.1) is 0 Å². The Morgan fingerprint density at radius 3 is 2.75 bits per heavy atom. The number of H-pyrrole nitrogens is 1. The summed E-state index contributed by atoms with van der Waals surface area (Å²) in [6.45, 7) is 5.08. The van der Waals surface area contributed by atoms with Crippen LogP contribution in [0, 0.1) is 13.8 Å². The molecule has 3 rings (SSSR count). The highest BCUT2D eigenvalue weighted by molar-refractivity contribution is 6.10. The fourth-order valence-electron chi connectivity index (χ4n) is 2.69. The monoisotopic (exact) mass is 326 g/mol. The number of fused-ring (bicyclic) bond motifs is 1. The third kappa shape index (κ3) is 2.95. The molecule has 1 atom stereocenters. The number of carbonyl (C=O) groups excluding carboxylic acids is 2. The molecule has 0 spiro atoms. The van der Waals surface area contributed by atoms with Crippen molar-refractivity contribution in [1.82, 2.24) is 10.1 Å². The van der Waals surface area contributed by atoms with E-state index in [-0.39, 0.29) is 12.2 Å². The molecule has 2 aromatic heterocycles. The van der Waals surface area contributed by atoms with Crippen molar-refractivity contribution in [3.8, 4) is 0 Å². The van der Waals surface area contributed by atoms with Crippen LogP contribution in [0.4, 0.5) is 0 Å². The third-order valence-electron chi connectivity index (χ3n) is 4.03. The summed E-state index contributed by atoms with van der Waals surface area (Å²) in [7, 11) is 0. The molecule has 2 heterocycles. The summed E-state index contributed by atoms with van der Waals surface area (Å²) in [6, 6.07) is 7.50. The van der Waals surface area contributed by atoms with Gasteiger partial charge in [0.1, 0.15) is 5.76 Å². The quantitative estimate of drug-likeness (QED) is 0.575. The van der Waals surface area contributed by atoms with Crippen molar-refractivity contribution in [3.05, 3.63) is 53.0 Å². The molecule has 6 nitrogen and oxygen atoms in total. The Bertz CT molecular complexity index is 887. The summed E-state index contributed by atoms with van der Waals surface area (Å²) in [4.78, 5) is 27.7. The second-order valence-corrected chi connectivity index (χ2v) is 5.72. The molecular weight excluding hydrogens is 308 g/mol. The molecule has 0 aliphatic heterocycles. The van der Waals surface area contributed by atoms with Gasteiger partial charge in [-0.2, -0.15) is 0 Å². The minimum absolute atomic E-state index is 0.0344. The van der Waals surface area contributed by atoms with E-state index in [9.17, 15) is 9.59 Å². The number of ketones is 1. The lowest BCUT2D eigenvalue weighted by atomic mass is 10.1. The molecule has 0 radical (unpaired) electrons. The van der Waals surface area contributed by atoms with E-state index in [1.807, 2.05) is 24.3 Å². The Balaban J connectivity index is 1.71. The van der Waals surface area contributed by atoms with Crippen molar-refractivity contribution in [3.63, 3.8) is 0 Å². The molecule has 1 aromatic carbocycles. The highest BCUT2D eigenvalue weighted by Gasteiger charge is 2.23. The first-order chi connectivity index (χ1) is 11.5. The van der Waals surface area contributed by atoms with Crippen molar-refractivity contribution in [2.75, 3.05) is 0 Å². The molecule has 0 bridgehead atoms. The van der Waals surface area contributed by atoms with Crippen LogP contribution < -0.4 is 0 Å². The second-order valence-electron chi connectivity index (χ2n) is 5.72. The molecule has 0 amide bonds. The van der Waals surface area contributed by atoms with Crippen molar-refractivity contribution < 1.29 is 18.8 Å². The Labute approximate surface area is 138 Å². The van der Waals surface area contributed by atoms with E-state index in [1.165, 1.54) is 0 Å². The van der Waals surface area contributed by atoms with E-state index in [2.05, 4.69) is 10.1 Å². The predicted molar refractivity (Wildman–Crippen MR) is 87.9 cm³/mol. The van der Waals surface area contributed by atoms with E-state index in [1.54, 1.807) is 27.0 Å². The molecule has 0 unspecified atom stereocenters. The van der Waals surface area contributed by atoms with Crippen molar-refractivity contribution in [2.45, 2.75) is 33.3 Å². The Morgan fingerprint density at radius 2 is 2.04 bits per heavy atom. The maximum absolute atomic E-state index is 12.6. The normalized spacial score (nSPS) is 12.3. The van der Waals surface area contributed by atoms with Crippen LogP contribution in [0.1, 0.15) is 34.3 Å². The number of hydrogen-bond acceptors (Lipinski definition) is 5. The van der Waals surface area contributed by atoms with Crippen LogP contribution in [0.5, 0.6) is 0 Å². The first-order valence-electron chi connectivity index (χ1n) is 7.69. The Hall–Kier alpha value is -2.89. The van der Waals surface area contributed by atoms with Crippen molar-refractivity contribution in [1.29, 1.82) is 0 Å².